The van der Waals surface area contributed by atoms with Crippen LogP contribution in [-0.4, -0.2) is 17.2 Å². The molecule has 0 radical (unpaired) electrons. The lowest BCUT2D eigenvalue weighted by atomic mass is 9.96. The summed E-state index contributed by atoms with van der Waals surface area (Å²) in [5, 5.41) is 7.67. The van der Waals surface area contributed by atoms with Gasteiger partial charge in [-0.3, -0.25) is 0 Å². The van der Waals surface area contributed by atoms with Crippen LogP contribution in [0.25, 0.3) is 0 Å². The minimum absolute atomic E-state index is 0.381. The molecule has 0 aliphatic heterocycles. The second kappa shape index (κ2) is 7.89. The third-order valence-electron chi connectivity index (χ3n) is 6.01. The average Bonchev–Trinajstić information content (AvgIpc) is 3.27. The van der Waals surface area contributed by atoms with Gasteiger partial charge >= 0.3 is 0 Å². The van der Waals surface area contributed by atoms with E-state index in [9.17, 15) is 0 Å². The van der Waals surface area contributed by atoms with Crippen LogP contribution in [0.4, 0.5) is 17.1 Å². The smallest absolute Gasteiger partial charge is 0.171 e. The predicted molar refractivity (Wildman–Crippen MR) is 119 cm³/mol. The maximum Gasteiger partial charge on any atom is 0.171 e. The molecule has 0 amide bonds. The predicted octanol–water partition coefficient (Wildman–Crippen LogP) is 5.71. The molecule has 2 aromatic rings. The number of fused-ring (bicyclic) bond motifs is 2. The Bertz CT molecular complexity index is 772. The van der Waals surface area contributed by atoms with Gasteiger partial charge in [-0.2, -0.15) is 0 Å². The average molecular weight is 380 g/mol. The van der Waals surface area contributed by atoms with Crippen LogP contribution >= 0.6 is 12.2 Å². The first-order valence-corrected chi connectivity index (χ1v) is 10.5. The minimum atomic E-state index is 0.381. The van der Waals surface area contributed by atoms with E-state index in [4.69, 9.17) is 12.2 Å². The van der Waals surface area contributed by atoms with Gasteiger partial charge in [0.25, 0.3) is 0 Å². The minimum Gasteiger partial charge on any atom is -0.359 e. The van der Waals surface area contributed by atoms with Crippen molar-refractivity contribution >= 4 is 34.4 Å². The van der Waals surface area contributed by atoms with E-state index in [1.165, 1.54) is 37.1 Å². The van der Waals surface area contributed by atoms with Crippen molar-refractivity contribution in [2.24, 2.45) is 11.8 Å². The van der Waals surface area contributed by atoms with Crippen LogP contribution in [0.1, 0.15) is 39.5 Å². The fourth-order valence-corrected chi connectivity index (χ4v) is 5.07. The van der Waals surface area contributed by atoms with E-state index in [2.05, 4.69) is 84.0 Å². The lowest BCUT2D eigenvalue weighted by molar-refractivity contribution is 0.392. The van der Waals surface area contributed by atoms with E-state index < -0.39 is 0 Å². The second-order valence-electron chi connectivity index (χ2n) is 8.23. The number of hydrogen-bond acceptors (Lipinski definition) is 2. The van der Waals surface area contributed by atoms with Crippen LogP contribution in [0.2, 0.25) is 0 Å². The van der Waals surface area contributed by atoms with Crippen molar-refractivity contribution in [3.63, 3.8) is 0 Å². The Morgan fingerprint density at radius 1 is 0.963 bits per heavy atom. The van der Waals surface area contributed by atoms with Gasteiger partial charge in [0.2, 0.25) is 0 Å². The Morgan fingerprint density at radius 3 is 2.26 bits per heavy atom. The van der Waals surface area contributed by atoms with E-state index in [0.29, 0.717) is 12.1 Å². The highest BCUT2D eigenvalue weighted by Gasteiger charge is 2.39. The molecule has 0 aromatic heterocycles. The van der Waals surface area contributed by atoms with E-state index in [-0.39, 0.29) is 0 Å². The summed E-state index contributed by atoms with van der Waals surface area (Å²) in [6.45, 7) is 4.43. The fraction of sp³-hybridized carbons (Fsp3) is 0.435. The second-order valence-corrected chi connectivity index (χ2v) is 8.63. The molecule has 142 valence electrons. The molecule has 2 saturated carbocycles. The van der Waals surface area contributed by atoms with Gasteiger partial charge in [-0.1, -0.05) is 24.6 Å². The Hall–Kier alpha value is -2.07. The summed E-state index contributed by atoms with van der Waals surface area (Å²) < 4.78 is 0. The summed E-state index contributed by atoms with van der Waals surface area (Å²) in [6, 6.07) is 20.0. The van der Waals surface area contributed by atoms with E-state index in [1.807, 2.05) is 0 Å². The number of nitrogens with one attached hydrogen (secondary N) is 2. The molecule has 0 saturated heterocycles. The third kappa shape index (κ3) is 4.11. The van der Waals surface area contributed by atoms with Gasteiger partial charge in [-0.15, -0.1) is 0 Å². The molecule has 27 heavy (non-hydrogen) atoms. The summed E-state index contributed by atoms with van der Waals surface area (Å²) in [5.74, 6) is 1.75. The van der Waals surface area contributed by atoms with Crippen molar-refractivity contribution < 1.29 is 0 Å². The van der Waals surface area contributed by atoms with Gasteiger partial charge in [0.15, 0.2) is 5.11 Å². The van der Waals surface area contributed by atoms with Crippen LogP contribution in [0.15, 0.2) is 54.6 Å². The van der Waals surface area contributed by atoms with Crippen molar-refractivity contribution in [2.75, 3.05) is 10.2 Å². The number of benzene rings is 2. The first-order valence-electron chi connectivity index (χ1n) is 10.1. The number of thiocarbonyl (C=S) groups is 1. The number of anilines is 3. The molecule has 2 bridgehead atoms. The molecule has 0 heterocycles. The maximum atomic E-state index is 5.56. The van der Waals surface area contributed by atoms with Gasteiger partial charge in [0.05, 0.1) is 0 Å². The first kappa shape index (κ1) is 18.3. The SMILES string of the molecule is CC(C)N(c1ccccc1)c1ccc(NC(=S)N[C@H]2C[C@@H]3CC[C@H]2C3)cc1. The molecule has 4 rings (SSSR count). The molecule has 2 aromatic carbocycles. The Kier molecular flexibility index (Phi) is 5.35. The normalized spacial score (nSPS) is 23.4. The van der Waals surface area contributed by atoms with Crippen molar-refractivity contribution in [3.8, 4) is 0 Å². The van der Waals surface area contributed by atoms with Crippen molar-refractivity contribution in [1.82, 2.24) is 5.32 Å². The highest BCUT2D eigenvalue weighted by Crippen LogP contribution is 2.44. The van der Waals surface area contributed by atoms with Crippen molar-refractivity contribution in [3.05, 3.63) is 54.6 Å². The van der Waals surface area contributed by atoms with Crippen LogP contribution in [-0.2, 0) is 0 Å². The molecule has 3 atom stereocenters. The molecule has 0 spiro atoms. The molecule has 2 aliphatic rings. The van der Waals surface area contributed by atoms with Crippen LogP contribution in [0.5, 0.6) is 0 Å². The quantitative estimate of drug-likeness (QED) is 0.651. The lowest BCUT2D eigenvalue weighted by Gasteiger charge is -2.29. The summed E-state index contributed by atoms with van der Waals surface area (Å²) in [5.41, 5.74) is 3.44. The van der Waals surface area contributed by atoms with Crippen LogP contribution in [0.3, 0.4) is 0 Å². The standard InChI is InChI=1S/C23H29N3S/c1-16(2)26(20-6-4-3-5-7-20)21-12-10-19(11-13-21)24-23(27)25-22-15-17-8-9-18(22)14-17/h3-7,10-13,16-18,22H,8-9,14-15H2,1-2H3,(H2,24,25,27)/t17-,18+,22+/m1/s1. The first-order chi connectivity index (χ1) is 13.1. The van der Waals surface area contributed by atoms with Gasteiger partial charge < -0.3 is 15.5 Å². The number of nitrogens with zero attached hydrogens (tertiary/aromatic N) is 1. The molecule has 2 N–H and O–H groups in total. The third-order valence-corrected chi connectivity index (χ3v) is 6.23. The number of hydrogen-bond donors (Lipinski definition) is 2. The largest absolute Gasteiger partial charge is 0.359 e. The highest BCUT2D eigenvalue weighted by molar-refractivity contribution is 7.80. The summed E-state index contributed by atoms with van der Waals surface area (Å²) in [6.07, 6.45) is 5.45. The highest BCUT2D eigenvalue weighted by atomic mass is 32.1. The fourth-order valence-electron chi connectivity index (χ4n) is 4.80. The molecule has 2 fully saturated rings. The summed E-state index contributed by atoms with van der Waals surface area (Å²) in [7, 11) is 0. The number of para-hydroxylation sites is 1. The topological polar surface area (TPSA) is 27.3 Å². The van der Waals surface area contributed by atoms with E-state index in [1.54, 1.807) is 0 Å². The van der Waals surface area contributed by atoms with Crippen LogP contribution < -0.4 is 15.5 Å². The van der Waals surface area contributed by atoms with Gasteiger partial charge in [-0.25, -0.2) is 0 Å². The van der Waals surface area contributed by atoms with E-state index in [0.717, 1.165) is 22.6 Å². The van der Waals surface area contributed by atoms with Crippen molar-refractivity contribution in [1.29, 1.82) is 0 Å². The van der Waals surface area contributed by atoms with Gasteiger partial charge in [0.1, 0.15) is 0 Å². The molecule has 4 heteroatoms. The lowest BCUT2D eigenvalue weighted by Crippen LogP contribution is -2.40. The zero-order valence-corrected chi connectivity index (χ0v) is 17.0. The molecule has 0 unspecified atom stereocenters. The molecular weight excluding hydrogens is 350 g/mol. The van der Waals surface area contributed by atoms with Crippen molar-refractivity contribution in [2.45, 2.75) is 51.6 Å². The Morgan fingerprint density at radius 2 is 1.67 bits per heavy atom. The monoisotopic (exact) mass is 379 g/mol. The van der Waals surface area contributed by atoms with Gasteiger partial charge in [-0.05, 0) is 93.6 Å². The van der Waals surface area contributed by atoms with Gasteiger partial charge in [0, 0.05) is 29.1 Å². The molecular formula is C23H29N3S. The molecule has 2 aliphatic carbocycles. The zero-order chi connectivity index (χ0) is 18.8. The summed E-state index contributed by atoms with van der Waals surface area (Å²) in [4.78, 5) is 2.34. The summed E-state index contributed by atoms with van der Waals surface area (Å²) >= 11 is 5.56. The van der Waals surface area contributed by atoms with Crippen LogP contribution in [0, 0.1) is 11.8 Å². The van der Waals surface area contributed by atoms with E-state index >= 15 is 0 Å². The molecule has 3 nitrogen and oxygen atoms in total. The Labute approximate surface area is 168 Å². The zero-order valence-electron chi connectivity index (χ0n) is 16.2. The Balaban J connectivity index is 1.40. The number of rotatable bonds is 5. The maximum absolute atomic E-state index is 5.56.